The minimum Gasteiger partial charge on any atom is -0.493 e. The van der Waals surface area contributed by atoms with Gasteiger partial charge in [-0.1, -0.05) is 20.8 Å². The molecule has 2 rings (SSSR count). The lowest BCUT2D eigenvalue weighted by Gasteiger charge is -2.36. The van der Waals surface area contributed by atoms with E-state index in [1.54, 1.807) is 0 Å². The number of benzene rings is 1. The monoisotopic (exact) mass is 322 g/mol. The van der Waals surface area contributed by atoms with E-state index in [4.69, 9.17) is 13.9 Å². The first-order chi connectivity index (χ1) is 10.2. The van der Waals surface area contributed by atoms with Gasteiger partial charge in [0.25, 0.3) is 0 Å². The summed E-state index contributed by atoms with van der Waals surface area (Å²) in [4.78, 5) is 12.0. The smallest absolute Gasteiger partial charge is 0.338 e. The van der Waals surface area contributed by atoms with E-state index in [9.17, 15) is 4.79 Å². The molecule has 0 spiro atoms. The molecule has 0 saturated heterocycles. The molecule has 0 bridgehead atoms. The van der Waals surface area contributed by atoms with Crippen LogP contribution in [0.25, 0.3) is 0 Å². The molecule has 0 fully saturated rings. The van der Waals surface area contributed by atoms with Crippen molar-refractivity contribution in [3.05, 3.63) is 28.8 Å². The zero-order chi connectivity index (χ0) is 16.5. The summed E-state index contributed by atoms with van der Waals surface area (Å²) in [5.41, 5.74) is 2.51. The number of ether oxygens (including phenoxy) is 2. The van der Waals surface area contributed by atoms with Gasteiger partial charge in [0.2, 0.25) is 0 Å². The normalized spacial score (nSPS) is 14.5. The van der Waals surface area contributed by atoms with Gasteiger partial charge in [0.1, 0.15) is 5.75 Å². The molecule has 1 aromatic rings. The lowest BCUT2D eigenvalue weighted by Crippen LogP contribution is -2.40. The van der Waals surface area contributed by atoms with Crippen LogP contribution in [0.2, 0.25) is 18.1 Å². The highest BCUT2D eigenvalue weighted by molar-refractivity contribution is 6.74. The molecule has 0 radical (unpaired) electrons. The van der Waals surface area contributed by atoms with E-state index < -0.39 is 8.32 Å². The van der Waals surface area contributed by atoms with Crippen molar-refractivity contribution in [1.29, 1.82) is 0 Å². The standard InChI is InChI=1S/C17H26O4Si/c1-17(2,3)22(5,6)21-11-12-9-14(16(18)19-4)13-7-8-20-15(13)10-12/h9-10H,7-8,11H2,1-6H3. The van der Waals surface area contributed by atoms with Gasteiger partial charge in [0, 0.05) is 12.0 Å². The predicted molar refractivity (Wildman–Crippen MR) is 89.0 cm³/mol. The Hall–Kier alpha value is -1.33. The maximum atomic E-state index is 12.0. The van der Waals surface area contributed by atoms with E-state index in [0.29, 0.717) is 18.8 Å². The van der Waals surface area contributed by atoms with Gasteiger partial charge in [-0.05, 0) is 35.8 Å². The number of hydrogen-bond donors (Lipinski definition) is 0. The minimum atomic E-state index is -1.82. The minimum absolute atomic E-state index is 0.158. The summed E-state index contributed by atoms with van der Waals surface area (Å²) in [6.45, 7) is 12.2. The Labute approximate surface area is 133 Å². The van der Waals surface area contributed by atoms with Gasteiger partial charge in [-0.15, -0.1) is 0 Å². The average molecular weight is 322 g/mol. The van der Waals surface area contributed by atoms with Crippen molar-refractivity contribution in [3.8, 4) is 5.75 Å². The molecule has 122 valence electrons. The lowest BCUT2D eigenvalue weighted by molar-refractivity contribution is 0.0599. The second-order valence-corrected chi connectivity index (χ2v) is 12.1. The summed E-state index contributed by atoms with van der Waals surface area (Å²) < 4.78 is 16.8. The maximum absolute atomic E-state index is 12.0. The van der Waals surface area contributed by atoms with Crippen LogP contribution in [0.15, 0.2) is 12.1 Å². The first-order valence-corrected chi connectivity index (χ1v) is 10.6. The highest BCUT2D eigenvalue weighted by Crippen LogP contribution is 2.38. The summed E-state index contributed by atoms with van der Waals surface area (Å²) in [5.74, 6) is 0.479. The molecule has 1 aliphatic heterocycles. The van der Waals surface area contributed by atoms with Crippen molar-refractivity contribution in [3.63, 3.8) is 0 Å². The van der Waals surface area contributed by atoms with Crippen molar-refractivity contribution in [1.82, 2.24) is 0 Å². The third-order valence-corrected chi connectivity index (χ3v) is 9.17. The van der Waals surface area contributed by atoms with Gasteiger partial charge < -0.3 is 13.9 Å². The van der Waals surface area contributed by atoms with Crippen LogP contribution < -0.4 is 4.74 Å². The molecule has 22 heavy (non-hydrogen) atoms. The highest BCUT2D eigenvalue weighted by Gasteiger charge is 2.37. The zero-order valence-electron chi connectivity index (χ0n) is 14.4. The molecule has 4 nitrogen and oxygen atoms in total. The molecule has 1 aromatic carbocycles. The zero-order valence-corrected chi connectivity index (χ0v) is 15.4. The van der Waals surface area contributed by atoms with Gasteiger partial charge in [0.05, 0.1) is 25.9 Å². The van der Waals surface area contributed by atoms with E-state index >= 15 is 0 Å². The Balaban J connectivity index is 2.24. The van der Waals surface area contributed by atoms with E-state index in [1.165, 1.54) is 7.11 Å². The molecule has 0 saturated carbocycles. The molecule has 0 unspecified atom stereocenters. The van der Waals surface area contributed by atoms with Crippen LogP contribution >= 0.6 is 0 Å². The highest BCUT2D eigenvalue weighted by atomic mass is 28.4. The van der Waals surface area contributed by atoms with Gasteiger partial charge in [0.15, 0.2) is 8.32 Å². The number of methoxy groups -OCH3 is 1. The van der Waals surface area contributed by atoms with Crippen molar-refractivity contribution < 1.29 is 18.7 Å². The molecule has 0 atom stereocenters. The Bertz CT molecular complexity index is 573. The van der Waals surface area contributed by atoms with E-state index in [2.05, 4.69) is 33.9 Å². The molecule has 0 N–H and O–H groups in total. The third kappa shape index (κ3) is 3.36. The molecular weight excluding hydrogens is 296 g/mol. The summed E-state index contributed by atoms with van der Waals surface area (Å²) in [6.07, 6.45) is 0.753. The van der Waals surface area contributed by atoms with Crippen molar-refractivity contribution in [2.45, 2.75) is 51.9 Å². The van der Waals surface area contributed by atoms with Crippen LogP contribution in [-0.4, -0.2) is 28.0 Å². The lowest BCUT2D eigenvalue weighted by atomic mass is 10.0. The molecular formula is C17H26O4Si. The van der Waals surface area contributed by atoms with Gasteiger partial charge >= 0.3 is 5.97 Å². The van der Waals surface area contributed by atoms with Crippen molar-refractivity contribution in [2.24, 2.45) is 0 Å². The van der Waals surface area contributed by atoms with Crippen LogP contribution in [-0.2, 0) is 22.2 Å². The number of carbonyl (C=O) groups is 1. The SMILES string of the molecule is COC(=O)c1cc(CO[Si](C)(C)C(C)(C)C)cc2c1CCO2. The molecule has 1 heterocycles. The Morgan fingerprint density at radius 1 is 1.32 bits per heavy atom. The maximum Gasteiger partial charge on any atom is 0.338 e. The van der Waals surface area contributed by atoms with Crippen LogP contribution in [0.1, 0.15) is 42.3 Å². The number of fused-ring (bicyclic) bond motifs is 1. The van der Waals surface area contributed by atoms with Gasteiger partial charge in [-0.25, -0.2) is 4.79 Å². The fourth-order valence-corrected chi connectivity index (χ4v) is 3.17. The number of rotatable bonds is 4. The number of carbonyl (C=O) groups excluding carboxylic acids is 1. The fraction of sp³-hybridized carbons (Fsp3) is 0.588. The molecule has 0 aliphatic carbocycles. The molecule has 1 aliphatic rings. The quantitative estimate of drug-likeness (QED) is 0.622. The van der Waals surface area contributed by atoms with Crippen molar-refractivity contribution in [2.75, 3.05) is 13.7 Å². The average Bonchev–Trinajstić information content (AvgIpc) is 2.90. The van der Waals surface area contributed by atoms with E-state index in [0.717, 1.165) is 23.3 Å². The number of esters is 1. The van der Waals surface area contributed by atoms with E-state index in [-0.39, 0.29) is 11.0 Å². The number of hydrogen-bond acceptors (Lipinski definition) is 4. The van der Waals surface area contributed by atoms with Crippen LogP contribution in [0.3, 0.4) is 0 Å². The Morgan fingerprint density at radius 3 is 2.59 bits per heavy atom. The third-order valence-electron chi connectivity index (χ3n) is 4.69. The Morgan fingerprint density at radius 2 is 2.00 bits per heavy atom. The molecule has 5 heteroatoms. The first-order valence-electron chi connectivity index (χ1n) is 7.66. The fourth-order valence-electron chi connectivity index (χ4n) is 2.21. The predicted octanol–water partition coefficient (Wildman–Crippen LogP) is 3.93. The second-order valence-electron chi connectivity index (χ2n) is 7.26. The summed E-state index contributed by atoms with van der Waals surface area (Å²) in [5, 5.41) is 0.158. The van der Waals surface area contributed by atoms with Crippen LogP contribution in [0.4, 0.5) is 0 Å². The summed E-state index contributed by atoms with van der Waals surface area (Å²) >= 11 is 0. The molecule has 0 amide bonds. The van der Waals surface area contributed by atoms with Crippen molar-refractivity contribution >= 4 is 14.3 Å². The van der Waals surface area contributed by atoms with E-state index in [1.807, 2.05) is 12.1 Å². The van der Waals surface area contributed by atoms with Gasteiger partial charge in [-0.2, -0.15) is 0 Å². The first kappa shape index (κ1) is 17.0. The van der Waals surface area contributed by atoms with Crippen LogP contribution in [0, 0.1) is 0 Å². The van der Waals surface area contributed by atoms with Gasteiger partial charge in [-0.3, -0.25) is 0 Å². The van der Waals surface area contributed by atoms with Crippen LogP contribution in [0.5, 0.6) is 5.75 Å². The molecule has 0 aromatic heterocycles. The topological polar surface area (TPSA) is 44.8 Å². The summed E-state index contributed by atoms with van der Waals surface area (Å²) in [6, 6.07) is 3.87. The largest absolute Gasteiger partial charge is 0.493 e. The second kappa shape index (κ2) is 6.05. The summed E-state index contributed by atoms with van der Waals surface area (Å²) in [7, 11) is -0.417. The Kier molecular flexibility index (Phi) is 4.68.